The van der Waals surface area contributed by atoms with Crippen LogP contribution in [-0.4, -0.2) is 50.0 Å². The molecule has 2 rings (SSSR count). The Morgan fingerprint density at radius 1 is 1.22 bits per heavy atom. The van der Waals surface area contributed by atoms with E-state index < -0.39 is 10.0 Å². The number of carbonyl (C=O) groups excluding carboxylic acids is 1. The van der Waals surface area contributed by atoms with Crippen molar-refractivity contribution in [1.82, 2.24) is 9.62 Å². The molecule has 0 aromatic heterocycles. The molecule has 0 unspecified atom stereocenters. The molecule has 1 saturated carbocycles. The first-order valence-corrected chi connectivity index (χ1v) is 9.38. The third-order valence-electron chi connectivity index (χ3n) is 4.28. The number of hydrogen-bond acceptors (Lipinski definition) is 4. The van der Waals surface area contributed by atoms with Crippen LogP contribution in [0.4, 0.5) is 0 Å². The van der Waals surface area contributed by atoms with Gasteiger partial charge in [-0.1, -0.05) is 19.3 Å². The van der Waals surface area contributed by atoms with Crippen LogP contribution in [0, 0.1) is 0 Å². The van der Waals surface area contributed by atoms with Gasteiger partial charge in [0.2, 0.25) is 10.0 Å². The number of sulfonamides is 1. The van der Waals surface area contributed by atoms with Crippen LogP contribution in [0.1, 0.15) is 42.5 Å². The number of aliphatic hydroxyl groups excluding tert-OH is 1. The van der Waals surface area contributed by atoms with Crippen molar-refractivity contribution in [3.05, 3.63) is 29.8 Å². The fraction of sp³-hybridized carbons (Fsp3) is 0.562. The van der Waals surface area contributed by atoms with Crippen molar-refractivity contribution < 1.29 is 18.3 Å². The molecule has 1 aromatic carbocycles. The van der Waals surface area contributed by atoms with Crippen molar-refractivity contribution in [3.63, 3.8) is 0 Å². The maximum atomic E-state index is 12.7. The van der Waals surface area contributed by atoms with Crippen LogP contribution in [0.5, 0.6) is 0 Å². The molecule has 6 nitrogen and oxygen atoms in total. The number of aliphatic hydroxyl groups is 1. The normalized spacial score (nSPS) is 16.5. The quantitative estimate of drug-likeness (QED) is 0.819. The van der Waals surface area contributed by atoms with Crippen molar-refractivity contribution in [1.29, 1.82) is 0 Å². The fourth-order valence-electron chi connectivity index (χ4n) is 2.86. The van der Waals surface area contributed by atoms with Gasteiger partial charge in [0.05, 0.1) is 11.5 Å². The number of hydrogen-bond donors (Lipinski definition) is 2. The highest BCUT2D eigenvalue weighted by molar-refractivity contribution is 7.89. The zero-order valence-electron chi connectivity index (χ0n) is 13.4. The summed E-state index contributed by atoms with van der Waals surface area (Å²) in [6.45, 7) is 0.0354. The maximum absolute atomic E-state index is 12.7. The average Bonchev–Trinajstić information content (AvgIpc) is 2.59. The van der Waals surface area contributed by atoms with Gasteiger partial charge in [0.15, 0.2) is 0 Å². The number of carbonyl (C=O) groups is 1. The Labute approximate surface area is 137 Å². The van der Waals surface area contributed by atoms with Crippen LogP contribution in [-0.2, 0) is 10.0 Å². The highest BCUT2D eigenvalue weighted by atomic mass is 32.2. The number of benzene rings is 1. The lowest BCUT2D eigenvalue weighted by molar-refractivity contribution is 0.0944. The zero-order chi connectivity index (χ0) is 16.9. The van der Waals surface area contributed by atoms with Crippen molar-refractivity contribution in [2.24, 2.45) is 0 Å². The minimum atomic E-state index is -3.54. The fourth-order valence-corrected chi connectivity index (χ4v) is 4.27. The molecule has 23 heavy (non-hydrogen) atoms. The van der Waals surface area contributed by atoms with Gasteiger partial charge in [-0.2, -0.15) is 4.31 Å². The van der Waals surface area contributed by atoms with Crippen LogP contribution in [0.3, 0.4) is 0 Å². The third kappa shape index (κ3) is 4.31. The van der Waals surface area contributed by atoms with Gasteiger partial charge in [-0.25, -0.2) is 8.42 Å². The van der Waals surface area contributed by atoms with E-state index in [0.717, 1.165) is 25.7 Å². The molecule has 7 heteroatoms. The number of nitrogens with one attached hydrogen (secondary N) is 1. The summed E-state index contributed by atoms with van der Waals surface area (Å²) in [5.74, 6) is -0.330. The Morgan fingerprint density at radius 2 is 1.83 bits per heavy atom. The largest absolute Gasteiger partial charge is 0.395 e. The molecule has 128 valence electrons. The van der Waals surface area contributed by atoms with E-state index >= 15 is 0 Å². The van der Waals surface area contributed by atoms with E-state index in [1.165, 1.54) is 35.0 Å². The van der Waals surface area contributed by atoms with Crippen LogP contribution in [0.2, 0.25) is 0 Å². The minimum absolute atomic E-state index is 0.0567. The lowest BCUT2D eigenvalue weighted by atomic mass is 9.96. The molecule has 2 N–H and O–H groups in total. The number of rotatable bonds is 6. The van der Waals surface area contributed by atoms with E-state index in [2.05, 4.69) is 5.32 Å². The lowest BCUT2D eigenvalue weighted by Crippen LogP contribution is -2.38. The topological polar surface area (TPSA) is 86.7 Å². The molecule has 0 spiro atoms. The lowest BCUT2D eigenvalue weighted by Gasteiger charge is -2.30. The Balaban J connectivity index is 2.12. The Kier molecular flexibility index (Phi) is 6.15. The molecule has 1 aromatic rings. The summed E-state index contributed by atoms with van der Waals surface area (Å²) in [6.07, 6.45) is 5.10. The third-order valence-corrected chi connectivity index (χ3v) is 6.20. The number of nitrogens with zero attached hydrogens (tertiary/aromatic N) is 1. The van der Waals surface area contributed by atoms with Gasteiger partial charge >= 0.3 is 0 Å². The molecule has 0 radical (unpaired) electrons. The SMILES string of the molecule is CN(C1CCCCC1)S(=O)(=O)c1ccc(C(=O)NCCO)cc1. The van der Waals surface area contributed by atoms with Crippen molar-refractivity contribution in [2.45, 2.75) is 43.0 Å². The summed E-state index contributed by atoms with van der Waals surface area (Å²) in [4.78, 5) is 12.0. The summed E-state index contributed by atoms with van der Waals surface area (Å²) < 4.78 is 26.8. The molecule has 0 aliphatic heterocycles. The summed E-state index contributed by atoms with van der Waals surface area (Å²) in [6, 6.07) is 5.97. The van der Waals surface area contributed by atoms with Gasteiger partial charge in [0, 0.05) is 25.2 Å². The van der Waals surface area contributed by atoms with Crippen LogP contribution >= 0.6 is 0 Å². The van der Waals surface area contributed by atoms with Gasteiger partial charge in [0.25, 0.3) is 5.91 Å². The first kappa shape index (κ1) is 17.9. The van der Waals surface area contributed by atoms with Crippen LogP contribution < -0.4 is 5.32 Å². The molecule has 0 bridgehead atoms. The van der Waals surface area contributed by atoms with E-state index in [0.29, 0.717) is 5.56 Å². The Morgan fingerprint density at radius 3 is 2.39 bits per heavy atom. The van der Waals surface area contributed by atoms with E-state index in [1.54, 1.807) is 7.05 Å². The molecular weight excluding hydrogens is 316 g/mol. The molecule has 0 saturated heterocycles. The summed E-state index contributed by atoms with van der Waals surface area (Å²) in [5, 5.41) is 11.2. The van der Waals surface area contributed by atoms with Gasteiger partial charge in [-0.3, -0.25) is 4.79 Å². The summed E-state index contributed by atoms with van der Waals surface area (Å²) in [5.41, 5.74) is 0.373. The molecular formula is C16H24N2O4S. The van der Waals surface area contributed by atoms with Gasteiger partial charge < -0.3 is 10.4 Å². The van der Waals surface area contributed by atoms with Crippen molar-refractivity contribution >= 4 is 15.9 Å². The Hall–Kier alpha value is -1.44. The van der Waals surface area contributed by atoms with Crippen molar-refractivity contribution in [2.75, 3.05) is 20.2 Å². The molecule has 1 aliphatic rings. The van der Waals surface area contributed by atoms with E-state index in [4.69, 9.17) is 5.11 Å². The minimum Gasteiger partial charge on any atom is -0.395 e. The second-order valence-corrected chi connectivity index (χ2v) is 7.81. The summed E-state index contributed by atoms with van der Waals surface area (Å²) in [7, 11) is -1.90. The second kappa shape index (κ2) is 7.90. The Bertz CT molecular complexity index is 622. The molecule has 1 amide bonds. The van der Waals surface area contributed by atoms with Crippen LogP contribution in [0.25, 0.3) is 0 Å². The zero-order valence-corrected chi connectivity index (χ0v) is 14.2. The van der Waals surface area contributed by atoms with Gasteiger partial charge in [-0.15, -0.1) is 0 Å². The van der Waals surface area contributed by atoms with Crippen LogP contribution in [0.15, 0.2) is 29.2 Å². The van der Waals surface area contributed by atoms with E-state index in [-0.39, 0.29) is 30.0 Å². The van der Waals surface area contributed by atoms with E-state index in [9.17, 15) is 13.2 Å². The highest BCUT2D eigenvalue weighted by Gasteiger charge is 2.29. The van der Waals surface area contributed by atoms with Gasteiger partial charge in [-0.05, 0) is 37.1 Å². The maximum Gasteiger partial charge on any atom is 0.251 e. The monoisotopic (exact) mass is 340 g/mol. The number of amides is 1. The van der Waals surface area contributed by atoms with Gasteiger partial charge in [0.1, 0.15) is 0 Å². The standard InChI is InChI=1S/C16H24N2O4S/c1-18(14-5-3-2-4-6-14)23(21,22)15-9-7-13(8-10-15)16(20)17-11-12-19/h7-10,14,19H,2-6,11-12H2,1H3,(H,17,20). The second-order valence-electron chi connectivity index (χ2n) is 5.82. The average molecular weight is 340 g/mol. The molecule has 1 fully saturated rings. The smallest absolute Gasteiger partial charge is 0.251 e. The molecule has 1 aliphatic carbocycles. The molecule has 0 atom stereocenters. The highest BCUT2D eigenvalue weighted by Crippen LogP contribution is 2.26. The predicted octanol–water partition coefficient (Wildman–Crippen LogP) is 1.36. The predicted molar refractivity (Wildman–Crippen MR) is 87.7 cm³/mol. The van der Waals surface area contributed by atoms with Crippen molar-refractivity contribution in [3.8, 4) is 0 Å². The van der Waals surface area contributed by atoms with E-state index in [1.807, 2.05) is 0 Å². The first-order valence-electron chi connectivity index (χ1n) is 7.94. The molecule has 0 heterocycles. The first-order chi connectivity index (χ1) is 11.0. The summed E-state index contributed by atoms with van der Waals surface area (Å²) >= 11 is 0.